The van der Waals surface area contributed by atoms with Gasteiger partial charge in [0, 0.05) is 25.1 Å². The molecule has 3 aromatic rings. The summed E-state index contributed by atoms with van der Waals surface area (Å²) < 4.78 is 1.75. The smallest absolute Gasteiger partial charge is 0.220 e. The summed E-state index contributed by atoms with van der Waals surface area (Å²) in [6, 6.07) is 13.2. The van der Waals surface area contributed by atoms with Gasteiger partial charge in [0.05, 0.1) is 10.7 Å². The van der Waals surface area contributed by atoms with Crippen molar-refractivity contribution in [2.75, 3.05) is 0 Å². The number of amides is 1. The Balaban J connectivity index is 1.76. The van der Waals surface area contributed by atoms with Crippen LogP contribution in [0.1, 0.15) is 18.7 Å². The lowest BCUT2D eigenvalue weighted by molar-refractivity contribution is -0.119. The highest BCUT2D eigenvalue weighted by Crippen LogP contribution is 2.24. The fourth-order valence-electron chi connectivity index (χ4n) is 2.95. The minimum Gasteiger partial charge on any atom is -0.353 e. The van der Waals surface area contributed by atoms with Crippen LogP contribution in [0.25, 0.3) is 17.2 Å². The quantitative estimate of drug-likeness (QED) is 0.782. The largest absolute Gasteiger partial charge is 0.353 e. The first-order valence-electron chi connectivity index (χ1n) is 8.12. The molecule has 0 unspecified atom stereocenters. The summed E-state index contributed by atoms with van der Waals surface area (Å²) in [6.45, 7) is 0. The van der Waals surface area contributed by atoms with Crippen LogP contribution in [0.2, 0.25) is 5.02 Å². The van der Waals surface area contributed by atoms with Crippen molar-refractivity contribution in [3.8, 4) is 17.2 Å². The van der Waals surface area contributed by atoms with Crippen LogP contribution in [0.5, 0.6) is 0 Å². The number of carbonyl (C=O) groups is 1. The molecule has 2 aromatic heterocycles. The first-order valence-corrected chi connectivity index (χ1v) is 8.50. The van der Waals surface area contributed by atoms with E-state index in [2.05, 4.69) is 20.4 Å². The number of carbonyl (C=O) groups excluding carboxylic acids is 1. The highest BCUT2D eigenvalue weighted by Gasteiger charge is 2.24. The van der Waals surface area contributed by atoms with Gasteiger partial charge in [-0.05, 0) is 30.7 Å². The van der Waals surface area contributed by atoms with E-state index in [1.165, 1.54) is 0 Å². The summed E-state index contributed by atoms with van der Waals surface area (Å²) in [5, 5.41) is 8.19. The topological polar surface area (TPSA) is 72.7 Å². The zero-order chi connectivity index (χ0) is 17.2. The summed E-state index contributed by atoms with van der Waals surface area (Å²) in [5.41, 5.74) is 1.46. The maximum atomic E-state index is 11.5. The van der Waals surface area contributed by atoms with Gasteiger partial charge in [0.2, 0.25) is 5.91 Å². The molecular formula is C18H16ClN5O. The lowest BCUT2D eigenvalue weighted by atomic mass is 10.1. The molecule has 3 heterocycles. The second-order valence-electron chi connectivity index (χ2n) is 5.94. The van der Waals surface area contributed by atoms with Gasteiger partial charge in [-0.3, -0.25) is 9.78 Å². The maximum absolute atomic E-state index is 11.5. The predicted molar refractivity (Wildman–Crippen MR) is 94.5 cm³/mol. The lowest BCUT2D eigenvalue weighted by Gasteiger charge is -2.11. The zero-order valence-corrected chi connectivity index (χ0v) is 14.1. The Morgan fingerprint density at radius 2 is 2.04 bits per heavy atom. The molecule has 4 rings (SSSR count). The Morgan fingerprint density at radius 3 is 2.76 bits per heavy atom. The van der Waals surface area contributed by atoms with Gasteiger partial charge in [-0.2, -0.15) is 0 Å². The molecule has 0 spiro atoms. The van der Waals surface area contributed by atoms with Crippen molar-refractivity contribution in [3.63, 3.8) is 0 Å². The number of rotatable bonds is 4. The number of pyridine rings is 1. The molecule has 1 atom stereocenters. The number of nitrogens with zero attached hydrogens (tertiary/aromatic N) is 4. The van der Waals surface area contributed by atoms with Crippen LogP contribution in [-0.2, 0) is 11.2 Å². The van der Waals surface area contributed by atoms with E-state index in [9.17, 15) is 4.79 Å². The van der Waals surface area contributed by atoms with Crippen molar-refractivity contribution in [2.45, 2.75) is 25.3 Å². The van der Waals surface area contributed by atoms with Gasteiger partial charge in [0.1, 0.15) is 11.5 Å². The number of aromatic nitrogens is 4. The van der Waals surface area contributed by atoms with Crippen molar-refractivity contribution in [3.05, 3.63) is 59.5 Å². The molecule has 1 fully saturated rings. The highest BCUT2D eigenvalue weighted by atomic mass is 35.5. The average molecular weight is 354 g/mol. The van der Waals surface area contributed by atoms with Crippen LogP contribution >= 0.6 is 11.6 Å². The fraction of sp³-hybridized carbons (Fsp3) is 0.222. The van der Waals surface area contributed by atoms with Crippen LogP contribution in [0.4, 0.5) is 0 Å². The SMILES string of the molecule is O=C1CC[C@H](Cc2nc(-c3ccccn3)nn2-c2ccccc2Cl)N1. The van der Waals surface area contributed by atoms with Crippen LogP contribution in [0, 0.1) is 0 Å². The molecule has 126 valence electrons. The van der Waals surface area contributed by atoms with Gasteiger partial charge in [0.25, 0.3) is 0 Å². The van der Waals surface area contributed by atoms with Crippen molar-refractivity contribution < 1.29 is 4.79 Å². The van der Waals surface area contributed by atoms with E-state index >= 15 is 0 Å². The predicted octanol–water partition coefficient (Wildman–Crippen LogP) is 2.80. The number of hydrogen-bond acceptors (Lipinski definition) is 4. The van der Waals surface area contributed by atoms with Gasteiger partial charge < -0.3 is 5.32 Å². The van der Waals surface area contributed by atoms with Crippen LogP contribution in [-0.4, -0.2) is 31.7 Å². The Hall–Kier alpha value is -2.73. The summed E-state index contributed by atoms with van der Waals surface area (Å²) in [7, 11) is 0. The van der Waals surface area contributed by atoms with Gasteiger partial charge >= 0.3 is 0 Å². The van der Waals surface area contributed by atoms with Crippen molar-refractivity contribution >= 4 is 17.5 Å². The molecule has 6 nitrogen and oxygen atoms in total. The fourth-order valence-corrected chi connectivity index (χ4v) is 3.16. The van der Waals surface area contributed by atoms with Gasteiger partial charge in [-0.25, -0.2) is 9.67 Å². The second kappa shape index (κ2) is 6.64. The van der Waals surface area contributed by atoms with Gasteiger partial charge in [-0.15, -0.1) is 5.10 Å². The summed E-state index contributed by atoms with van der Waals surface area (Å²) in [5.74, 6) is 1.37. The van der Waals surface area contributed by atoms with E-state index in [0.29, 0.717) is 29.4 Å². The number of halogens is 1. The minimum atomic E-state index is 0.0644. The number of para-hydroxylation sites is 1. The van der Waals surface area contributed by atoms with Crippen molar-refractivity contribution in [1.82, 2.24) is 25.1 Å². The van der Waals surface area contributed by atoms with Gasteiger partial charge in [0.15, 0.2) is 5.82 Å². The molecular weight excluding hydrogens is 338 g/mol. The average Bonchev–Trinajstić information content (AvgIpc) is 3.23. The monoisotopic (exact) mass is 353 g/mol. The second-order valence-corrected chi connectivity index (χ2v) is 6.34. The molecule has 1 aliphatic heterocycles. The third kappa shape index (κ3) is 3.25. The highest BCUT2D eigenvalue weighted by molar-refractivity contribution is 6.32. The Morgan fingerprint density at radius 1 is 1.20 bits per heavy atom. The first kappa shape index (κ1) is 15.8. The first-order chi connectivity index (χ1) is 12.2. The van der Waals surface area contributed by atoms with Gasteiger partial charge in [-0.1, -0.05) is 29.8 Å². The molecule has 0 saturated carbocycles. The normalized spacial score (nSPS) is 16.8. The molecule has 0 bridgehead atoms. The molecule has 25 heavy (non-hydrogen) atoms. The summed E-state index contributed by atoms with van der Waals surface area (Å²) in [4.78, 5) is 20.5. The number of benzene rings is 1. The number of nitrogens with one attached hydrogen (secondary N) is 1. The van der Waals surface area contributed by atoms with E-state index in [4.69, 9.17) is 11.6 Å². The van der Waals surface area contributed by atoms with Crippen LogP contribution < -0.4 is 5.32 Å². The van der Waals surface area contributed by atoms with E-state index in [1.54, 1.807) is 10.9 Å². The zero-order valence-electron chi connectivity index (χ0n) is 13.4. The maximum Gasteiger partial charge on any atom is 0.220 e. The van der Waals surface area contributed by atoms with E-state index in [1.807, 2.05) is 42.5 Å². The number of hydrogen-bond donors (Lipinski definition) is 1. The van der Waals surface area contributed by atoms with Crippen molar-refractivity contribution in [1.29, 1.82) is 0 Å². The molecule has 7 heteroatoms. The molecule has 1 N–H and O–H groups in total. The Kier molecular flexibility index (Phi) is 4.19. The molecule has 1 amide bonds. The molecule has 1 aliphatic rings. The summed E-state index contributed by atoms with van der Waals surface area (Å²) >= 11 is 6.35. The van der Waals surface area contributed by atoms with Crippen molar-refractivity contribution in [2.24, 2.45) is 0 Å². The van der Waals surface area contributed by atoms with E-state index < -0.39 is 0 Å². The van der Waals surface area contributed by atoms with Crippen LogP contribution in [0.15, 0.2) is 48.7 Å². The van der Waals surface area contributed by atoms with E-state index in [-0.39, 0.29) is 11.9 Å². The Bertz CT molecular complexity index is 909. The summed E-state index contributed by atoms with van der Waals surface area (Å²) in [6.07, 6.45) is 3.66. The third-order valence-corrected chi connectivity index (χ3v) is 4.48. The lowest BCUT2D eigenvalue weighted by Crippen LogP contribution is -2.28. The van der Waals surface area contributed by atoms with E-state index in [0.717, 1.165) is 17.9 Å². The third-order valence-electron chi connectivity index (χ3n) is 4.16. The Labute approximate surface area is 149 Å². The molecule has 0 radical (unpaired) electrons. The molecule has 1 aromatic carbocycles. The minimum absolute atomic E-state index is 0.0644. The van der Waals surface area contributed by atoms with Crippen LogP contribution in [0.3, 0.4) is 0 Å². The standard InChI is InChI=1S/C18H16ClN5O/c19-13-5-1-2-7-15(13)24-16(11-12-8-9-17(25)21-12)22-18(23-24)14-6-3-4-10-20-14/h1-7,10,12H,8-9,11H2,(H,21,25)/t12-/m1/s1. The molecule has 0 aliphatic carbocycles. The molecule has 1 saturated heterocycles.